The molecule has 1 saturated carbocycles. The van der Waals surface area contributed by atoms with Crippen molar-refractivity contribution >= 4 is 0 Å². The van der Waals surface area contributed by atoms with E-state index in [4.69, 9.17) is 4.98 Å². The van der Waals surface area contributed by atoms with Gasteiger partial charge in [0, 0.05) is 38.2 Å². The molecule has 2 atom stereocenters. The third kappa shape index (κ3) is 2.78. The molecule has 112 valence electrons. The number of hydrogen-bond acceptors (Lipinski definition) is 2. The highest BCUT2D eigenvalue weighted by Gasteiger charge is 2.25. The van der Waals surface area contributed by atoms with Crippen molar-refractivity contribution < 1.29 is 0 Å². The Balaban J connectivity index is 1.84. The topological polar surface area (TPSA) is 29.9 Å². The SMILES string of the molecule is CCCc1nc2c(n1CC1CCCCC1C)CCNC2. The van der Waals surface area contributed by atoms with Gasteiger partial charge in [0.2, 0.25) is 0 Å². The summed E-state index contributed by atoms with van der Waals surface area (Å²) in [5.74, 6) is 3.10. The molecule has 2 heterocycles. The van der Waals surface area contributed by atoms with Crippen LogP contribution in [0.1, 0.15) is 63.2 Å². The van der Waals surface area contributed by atoms with E-state index in [1.54, 1.807) is 0 Å². The summed E-state index contributed by atoms with van der Waals surface area (Å²) < 4.78 is 2.60. The minimum absolute atomic E-state index is 0.868. The Hall–Kier alpha value is -0.830. The lowest BCUT2D eigenvalue weighted by Crippen LogP contribution is -2.28. The van der Waals surface area contributed by atoms with Crippen LogP contribution in [0, 0.1) is 11.8 Å². The molecule has 20 heavy (non-hydrogen) atoms. The molecule has 3 heteroatoms. The number of imidazole rings is 1. The fourth-order valence-corrected chi connectivity index (χ4v) is 3.96. The number of aromatic nitrogens is 2. The van der Waals surface area contributed by atoms with Crippen molar-refractivity contribution in [3.63, 3.8) is 0 Å². The Morgan fingerprint density at radius 3 is 2.95 bits per heavy atom. The van der Waals surface area contributed by atoms with Crippen LogP contribution in [0.3, 0.4) is 0 Å². The zero-order chi connectivity index (χ0) is 13.9. The van der Waals surface area contributed by atoms with Crippen LogP contribution >= 0.6 is 0 Å². The minimum atomic E-state index is 0.868. The third-order valence-corrected chi connectivity index (χ3v) is 5.25. The van der Waals surface area contributed by atoms with Gasteiger partial charge < -0.3 is 9.88 Å². The van der Waals surface area contributed by atoms with Gasteiger partial charge in [-0.15, -0.1) is 0 Å². The standard InChI is InChI=1S/C17H29N3/c1-3-6-17-19-15-11-18-10-9-16(15)20(17)12-14-8-5-4-7-13(14)2/h13-14,18H,3-12H2,1-2H3. The van der Waals surface area contributed by atoms with Crippen molar-refractivity contribution in [1.82, 2.24) is 14.9 Å². The number of aryl methyl sites for hydroxylation is 1. The van der Waals surface area contributed by atoms with E-state index in [2.05, 4.69) is 23.7 Å². The normalized spacial score (nSPS) is 26.5. The number of nitrogens with zero attached hydrogens (tertiary/aromatic N) is 2. The van der Waals surface area contributed by atoms with E-state index >= 15 is 0 Å². The second-order valence-electron chi connectivity index (χ2n) is 6.73. The first-order chi connectivity index (χ1) is 9.79. The van der Waals surface area contributed by atoms with Crippen molar-refractivity contribution in [2.24, 2.45) is 11.8 Å². The molecule has 0 saturated heterocycles. The fraction of sp³-hybridized carbons (Fsp3) is 0.824. The smallest absolute Gasteiger partial charge is 0.109 e. The molecule has 0 bridgehead atoms. The second-order valence-corrected chi connectivity index (χ2v) is 6.73. The molecule has 1 fully saturated rings. The molecule has 2 aliphatic rings. The van der Waals surface area contributed by atoms with Crippen molar-refractivity contribution in [3.8, 4) is 0 Å². The van der Waals surface area contributed by atoms with E-state index < -0.39 is 0 Å². The van der Waals surface area contributed by atoms with E-state index in [0.29, 0.717) is 0 Å². The summed E-state index contributed by atoms with van der Waals surface area (Å²) in [4.78, 5) is 4.93. The van der Waals surface area contributed by atoms with Gasteiger partial charge in [0.25, 0.3) is 0 Å². The van der Waals surface area contributed by atoms with Gasteiger partial charge in [0.15, 0.2) is 0 Å². The van der Waals surface area contributed by atoms with Gasteiger partial charge in [0.05, 0.1) is 5.69 Å². The summed E-state index contributed by atoms with van der Waals surface area (Å²) in [5.41, 5.74) is 2.85. The summed E-state index contributed by atoms with van der Waals surface area (Å²) in [6.07, 6.45) is 9.19. The van der Waals surface area contributed by atoms with Crippen molar-refractivity contribution in [2.75, 3.05) is 6.54 Å². The molecule has 1 aliphatic heterocycles. The third-order valence-electron chi connectivity index (χ3n) is 5.25. The maximum absolute atomic E-state index is 4.93. The van der Waals surface area contributed by atoms with E-state index in [9.17, 15) is 0 Å². The predicted octanol–water partition coefficient (Wildman–Crippen LogP) is 3.31. The Labute approximate surface area is 123 Å². The summed E-state index contributed by atoms with van der Waals surface area (Å²) in [7, 11) is 0. The lowest BCUT2D eigenvalue weighted by Gasteiger charge is -2.30. The van der Waals surface area contributed by atoms with Gasteiger partial charge in [-0.2, -0.15) is 0 Å². The summed E-state index contributed by atoms with van der Waals surface area (Å²) in [5, 5.41) is 3.46. The first-order valence-corrected chi connectivity index (χ1v) is 8.57. The molecular weight excluding hydrogens is 246 g/mol. The second kappa shape index (κ2) is 6.30. The largest absolute Gasteiger partial charge is 0.331 e. The summed E-state index contributed by atoms with van der Waals surface area (Å²) in [6, 6.07) is 0. The van der Waals surface area contributed by atoms with Gasteiger partial charge in [0.1, 0.15) is 5.82 Å². The van der Waals surface area contributed by atoms with E-state index in [1.807, 2.05) is 0 Å². The maximum atomic E-state index is 4.93. The van der Waals surface area contributed by atoms with Gasteiger partial charge >= 0.3 is 0 Å². The highest BCUT2D eigenvalue weighted by molar-refractivity contribution is 5.20. The Kier molecular flexibility index (Phi) is 4.45. The van der Waals surface area contributed by atoms with Crippen LogP contribution in [0.2, 0.25) is 0 Å². The van der Waals surface area contributed by atoms with Crippen molar-refractivity contribution in [1.29, 1.82) is 0 Å². The monoisotopic (exact) mass is 275 g/mol. The molecule has 1 aromatic heterocycles. The van der Waals surface area contributed by atoms with E-state index in [0.717, 1.165) is 37.8 Å². The molecular formula is C17H29N3. The first-order valence-electron chi connectivity index (χ1n) is 8.57. The zero-order valence-corrected chi connectivity index (χ0v) is 13.1. The van der Waals surface area contributed by atoms with Crippen molar-refractivity contribution in [3.05, 3.63) is 17.2 Å². The molecule has 0 spiro atoms. The quantitative estimate of drug-likeness (QED) is 0.913. The average molecular weight is 275 g/mol. The number of rotatable bonds is 4. The molecule has 3 nitrogen and oxygen atoms in total. The highest BCUT2D eigenvalue weighted by atomic mass is 15.1. The average Bonchev–Trinajstić information content (AvgIpc) is 2.80. The molecule has 1 aliphatic carbocycles. The highest BCUT2D eigenvalue weighted by Crippen LogP contribution is 2.32. The lowest BCUT2D eigenvalue weighted by molar-refractivity contribution is 0.224. The predicted molar refractivity (Wildman–Crippen MR) is 82.8 cm³/mol. The van der Waals surface area contributed by atoms with Crippen LogP contribution in [-0.4, -0.2) is 16.1 Å². The summed E-state index contributed by atoms with van der Waals surface area (Å²) >= 11 is 0. The first kappa shape index (κ1) is 14.1. The molecule has 2 unspecified atom stereocenters. The van der Waals surface area contributed by atoms with Crippen LogP contribution in [0.4, 0.5) is 0 Å². The number of fused-ring (bicyclic) bond motifs is 1. The van der Waals surface area contributed by atoms with Crippen molar-refractivity contribution in [2.45, 2.75) is 71.9 Å². The van der Waals surface area contributed by atoms with Crippen LogP contribution in [0.5, 0.6) is 0 Å². The van der Waals surface area contributed by atoms with Gasteiger partial charge in [-0.3, -0.25) is 0 Å². The van der Waals surface area contributed by atoms with Gasteiger partial charge in [-0.05, 0) is 24.7 Å². The van der Waals surface area contributed by atoms with Gasteiger partial charge in [-0.1, -0.05) is 33.1 Å². The summed E-state index contributed by atoms with van der Waals surface area (Å²) in [6.45, 7) is 8.02. The Bertz CT molecular complexity index is 449. The van der Waals surface area contributed by atoms with Crippen LogP contribution < -0.4 is 5.32 Å². The van der Waals surface area contributed by atoms with Gasteiger partial charge in [-0.25, -0.2) is 4.98 Å². The Morgan fingerprint density at radius 1 is 1.30 bits per heavy atom. The van der Waals surface area contributed by atoms with Crippen LogP contribution in [0.25, 0.3) is 0 Å². The molecule has 1 aromatic rings. The minimum Gasteiger partial charge on any atom is -0.331 e. The van der Waals surface area contributed by atoms with Crippen LogP contribution in [0.15, 0.2) is 0 Å². The molecule has 0 aromatic carbocycles. The number of nitrogens with one attached hydrogen (secondary N) is 1. The fourth-order valence-electron chi connectivity index (χ4n) is 3.96. The van der Waals surface area contributed by atoms with Crippen LogP contribution in [-0.2, 0) is 25.9 Å². The molecule has 1 N–H and O–H groups in total. The lowest BCUT2D eigenvalue weighted by atomic mass is 9.80. The molecule has 0 radical (unpaired) electrons. The molecule has 3 rings (SSSR count). The maximum Gasteiger partial charge on any atom is 0.109 e. The van der Waals surface area contributed by atoms with E-state index in [-0.39, 0.29) is 0 Å². The Morgan fingerprint density at radius 2 is 2.15 bits per heavy atom. The van der Waals surface area contributed by atoms with E-state index in [1.165, 1.54) is 55.9 Å². The zero-order valence-electron chi connectivity index (χ0n) is 13.1. The molecule has 0 amide bonds. The number of hydrogen-bond donors (Lipinski definition) is 1.